The average molecular weight is 270 g/mol. The lowest BCUT2D eigenvalue weighted by Gasteiger charge is -2.36. The van der Waals surface area contributed by atoms with Gasteiger partial charge in [0.25, 0.3) is 0 Å². The van der Waals surface area contributed by atoms with Crippen LogP contribution in [0.1, 0.15) is 52.4 Å². The first-order valence-corrected chi connectivity index (χ1v) is 7.69. The Hall–Kier alpha value is -0.610. The third kappa shape index (κ3) is 5.49. The van der Waals surface area contributed by atoms with E-state index in [1.807, 2.05) is 0 Å². The minimum Gasteiger partial charge on any atom is -0.396 e. The summed E-state index contributed by atoms with van der Waals surface area (Å²) in [4.78, 5) is 12.3. The van der Waals surface area contributed by atoms with Gasteiger partial charge in [-0.3, -0.25) is 4.79 Å². The van der Waals surface area contributed by atoms with Gasteiger partial charge in [0.1, 0.15) is 0 Å². The van der Waals surface area contributed by atoms with Crippen molar-refractivity contribution in [1.29, 1.82) is 0 Å². The smallest absolute Gasteiger partial charge is 0.225 e. The Kier molecular flexibility index (Phi) is 7.39. The topological polar surface area (TPSA) is 61.4 Å². The molecule has 112 valence electrons. The van der Waals surface area contributed by atoms with E-state index in [1.54, 1.807) is 0 Å². The van der Waals surface area contributed by atoms with E-state index in [1.165, 1.54) is 6.42 Å². The molecule has 19 heavy (non-hydrogen) atoms. The molecule has 4 nitrogen and oxygen atoms in total. The van der Waals surface area contributed by atoms with Crippen LogP contribution < -0.4 is 10.6 Å². The van der Waals surface area contributed by atoms with E-state index in [9.17, 15) is 4.79 Å². The summed E-state index contributed by atoms with van der Waals surface area (Å²) >= 11 is 0. The van der Waals surface area contributed by atoms with Gasteiger partial charge in [-0.05, 0) is 44.7 Å². The van der Waals surface area contributed by atoms with Gasteiger partial charge in [-0.1, -0.05) is 26.7 Å². The molecule has 1 saturated heterocycles. The SMILES string of the molecule is CC(C)(C(=O)NCCCCCCO)C1CCCNC1. The number of unbranched alkanes of at least 4 members (excludes halogenated alkanes) is 3. The molecule has 1 heterocycles. The second-order valence-electron chi connectivity index (χ2n) is 6.16. The molecule has 1 amide bonds. The molecular weight excluding hydrogens is 240 g/mol. The van der Waals surface area contributed by atoms with Crippen LogP contribution in [0.3, 0.4) is 0 Å². The highest BCUT2D eigenvalue weighted by molar-refractivity contribution is 5.82. The largest absolute Gasteiger partial charge is 0.396 e. The van der Waals surface area contributed by atoms with Gasteiger partial charge in [0, 0.05) is 18.6 Å². The Balaban J connectivity index is 2.22. The van der Waals surface area contributed by atoms with Crippen LogP contribution in [0.4, 0.5) is 0 Å². The van der Waals surface area contributed by atoms with Crippen LogP contribution in [-0.2, 0) is 4.79 Å². The van der Waals surface area contributed by atoms with Crippen molar-refractivity contribution in [2.75, 3.05) is 26.2 Å². The molecule has 1 aliphatic rings. The van der Waals surface area contributed by atoms with Gasteiger partial charge < -0.3 is 15.7 Å². The second kappa shape index (κ2) is 8.54. The zero-order valence-electron chi connectivity index (χ0n) is 12.5. The lowest BCUT2D eigenvalue weighted by atomic mass is 9.74. The summed E-state index contributed by atoms with van der Waals surface area (Å²) in [5.41, 5.74) is -0.279. The van der Waals surface area contributed by atoms with Crippen LogP contribution in [-0.4, -0.2) is 37.3 Å². The lowest BCUT2D eigenvalue weighted by Crippen LogP contribution is -2.47. The molecular formula is C15H30N2O2. The van der Waals surface area contributed by atoms with Gasteiger partial charge >= 0.3 is 0 Å². The molecule has 0 aromatic carbocycles. The fourth-order valence-corrected chi connectivity index (χ4v) is 2.67. The summed E-state index contributed by atoms with van der Waals surface area (Å²) < 4.78 is 0. The zero-order valence-corrected chi connectivity index (χ0v) is 12.5. The molecule has 0 aromatic heterocycles. The first kappa shape index (κ1) is 16.4. The second-order valence-corrected chi connectivity index (χ2v) is 6.16. The summed E-state index contributed by atoms with van der Waals surface area (Å²) in [6, 6.07) is 0. The predicted octanol–water partition coefficient (Wildman–Crippen LogP) is 1.68. The number of amides is 1. The first-order chi connectivity index (χ1) is 9.09. The Morgan fingerprint density at radius 2 is 2.05 bits per heavy atom. The summed E-state index contributed by atoms with van der Waals surface area (Å²) in [5, 5.41) is 15.1. The third-order valence-electron chi connectivity index (χ3n) is 4.27. The molecule has 1 unspecified atom stereocenters. The van der Waals surface area contributed by atoms with Crippen LogP contribution in [0, 0.1) is 11.3 Å². The maximum atomic E-state index is 12.3. The van der Waals surface area contributed by atoms with Gasteiger partial charge in [0.15, 0.2) is 0 Å². The van der Waals surface area contributed by atoms with Gasteiger partial charge in [0.2, 0.25) is 5.91 Å². The van der Waals surface area contributed by atoms with E-state index in [0.717, 1.165) is 51.7 Å². The standard InChI is InChI=1S/C15H30N2O2/c1-15(2,13-8-7-9-16-12-13)14(19)17-10-5-3-4-6-11-18/h13,16,18H,3-12H2,1-2H3,(H,17,19). The van der Waals surface area contributed by atoms with Crippen molar-refractivity contribution in [2.45, 2.75) is 52.4 Å². The van der Waals surface area contributed by atoms with Gasteiger partial charge in [0.05, 0.1) is 0 Å². The van der Waals surface area contributed by atoms with E-state index < -0.39 is 0 Å². The number of hydrogen-bond acceptors (Lipinski definition) is 3. The highest BCUT2D eigenvalue weighted by Crippen LogP contribution is 2.31. The number of carbonyl (C=O) groups excluding carboxylic acids is 1. The quantitative estimate of drug-likeness (QED) is 0.588. The van der Waals surface area contributed by atoms with Crippen molar-refractivity contribution in [2.24, 2.45) is 11.3 Å². The number of carbonyl (C=O) groups is 1. The summed E-state index contributed by atoms with van der Waals surface area (Å²) in [6.45, 7) is 7.19. The number of rotatable bonds is 8. The minimum atomic E-state index is -0.279. The molecule has 0 radical (unpaired) electrons. The highest BCUT2D eigenvalue weighted by atomic mass is 16.2. The van der Waals surface area contributed by atoms with Crippen molar-refractivity contribution in [3.05, 3.63) is 0 Å². The van der Waals surface area contributed by atoms with Gasteiger partial charge in [-0.2, -0.15) is 0 Å². The van der Waals surface area contributed by atoms with Gasteiger partial charge in [-0.25, -0.2) is 0 Å². The normalized spacial score (nSPS) is 20.3. The summed E-state index contributed by atoms with van der Waals surface area (Å²) in [7, 11) is 0. The van der Waals surface area contributed by atoms with Crippen molar-refractivity contribution < 1.29 is 9.90 Å². The number of aliphatic hydroxyl groups is 1. The van der Waals surface area contributed by atoms with Crippen LogP contribution in [0.2, 0.25) is 0 Å². The van der Waals surface area contributed by atoms with E-state index in [0.29, 0.717) is 5.92 Å². The molecule has 4 heteroatoms. The monoisotopic (exact) mass is 270 g/mol. The van der Waals surface area contributed by atoms with Crippen LogP contribution in [0.5, 0.6) is 0 Å². The van der Waals surface area contributed by atoms with Crippen molar-refractivity contribution in [3.8, 4) is 0 Å². The van der Waals surface area contributed by atoms with Crippen molar-refractivity contribution in [1.82, 2.24) is 10.6 Å². The van der Waals surface area contributed by atoms with Crippen LogP contribution >= 0.6 is 0 Å². The Morgan fingerprint density at radius 3 is 2.68 bits per heavy atom. The first-order valence-electron chi connectivity index (χ1n) is 7.69. The van der Waals surface area contributed by atoms with Crippen LogP contribution in [0.15, 0.2) is 0 Å². The maximum absolute atomic E-state index is 12.3. The van der Waals surface area contributed by atoms with E-state index in [4.69, 9.17) is 5.11 Å². The third-order valence-corrected chi connectivity index (χ3v) is 4.27. The van der Waals surface area contributed by atoms with Crippen LogP contribution in [0.25, 0.3) is 0 Å². The van der Waals surface area contributed by atoms with E-state index >= 15 is 0 Å². The summed E-state index contributed by atoms with van der Waals surface area (Å²) in [5.74, 6) is 0.624. The number of hydrogen-bond donors (Lipinski definition) is 3. The number of piperidine rings is 1. The maximum Gasteiger partial charge on any atom is 0.225 e. The Bertz CT molecular complexity index is 261. The molecule has 1 rings (SSSR count). The number of aliphatic hydroxyl groups excluding tert-OH is 1. The van der Waals surface area contributed by atoms with Gasteiger partial charge in [-0.15, -0.1) is 0 Å². The molecule has 0 bridgehead atoms. The molecule has 1 aliphatic heterocycles. The molecule has 0 aromatic rings. The zero-order chi connectivity index (χ0) is 14.1. The fraction of sp³-hybridized carbons (Fsp3) is 0.933. The Labute approximate surface area is 117 Å². The minimum absolute atomic E-state index is 0.184. The highest BCUT2D eigenvalue weighted by Gasteiger charge is 2.36. The molecule has 0 aliphatic carbocycles. The van der Waals surface area contributed by atoms with E-state index in [-0.39, 0.29) is 17.9 Å². The number of nitrogens with one attached hydrogen (secondary N) is 2. The fourth-order valence-electron chi connectivity index (χ4n) is 2.67. The molecule has 0 spiro atoms. The van der Waals surface area contributed by atoms with Crippen molar-refractivity contribution >= 4 is 5.91 Å². The molecule has 1 atom stereocenters. The molecule has 0 saturated carbocycles. The molecule has 1 fully saturated rings. The summed E-state index contributed by atoms with van der Waals surface area (Å²) in [6.07, 6.45) is 6.30. The van der Waals surface area contributed by atoms with E-state index in [2.05, 4.69) is 24.5 Å². The predicted molar refractivity (Wildman–Crippen MR) is 77.9 cm³/mol. The van der Waals surface area contributed by atoms with Crippen molar-refractivity contribution in [3.63, 3.8) is 0 Å². The molecule has 3 N–H and O–H groups in total. The lowest BCUT2D eigenvalue weighted by molar-refractivity contribution is -0.132. The Morgan fingerprint density at radius 1 is 1.32 bits per heavy atom. The average Bonchev–Trinajstić information content (AvgIpc) is 2.43.